The van der Waals surface area contributed by atoms with Crippen LogP contribution in [0.25, 0.3) is 0 Å². The Bertz CT molecular complexity index is 523. The lowest BCUT2D eigenvalue weighted by Crippen LogP contribution is -2.67. The Morgan fingerprint density at radius 1 is 1.48 bits per heavy atom. The van der Waals surface area contributed by atoms with Gasteiger partial charge in [0, 0.05) is 35.5 Å². The van der Waals surface area contributed by atoms with Gasteiger partial charge in [-0.3, -0.25) is 9.69 Å². The highest BCUT2D eigenvalue weighted by molar-refractivity contribution is 7.05. The Kier molecular flexibility index (Phi) is 4.03. The number of hydrogen-bond donors (Lipinski definition) is 1. The lowest BCUT2D eigenvalue weighted by Gasteiger charge is -2.57. The number of carbonyl (C=O) groups excluding carboxylic acids is 1. The van der Waals surface area contributed by atoms with Gasteiger partial charge in [-0.1, -0.05) is 13.8 Å². The molecule has 0 aromatic carbocycles. The summed E-state index contributed by atoms with van der Waals surface area (Å²) in [7, 11) is 0. The van der Waals surface area contributed by atoms with Gasteiger partial charge in [0.2, 0.25) is 0 Å². The third-order valence-electron chi connectivity index (χ3n) is 4.87. The molecule has 2 atom stereocenters. The fourth-order valence-corrected chi connectivity index (χ4v) is 3.90. The lowest BCUT2D eigenvalue weighted by molar-refractivity contribution is -0.0750. The molecule has 6 heteroatoms. The van der Waals surface area contributed by atoms with Crippen LogP contribution in [0, 0.1) is 12.3 Å². The van der Waals surface area contributed by atoms with Crippen LogP contribution < -0.4 is 5.32 Å². The number of nitrogens with one attached hydrogen (secondary N) is 1. The van der Waals surface area contributed by atoms with Crippen LogP contribution in [-0.4, -0.2) is 53.6 Å². The number of rotatable bonds is 3. The van der Waals surface area contributed by atoms with Crippen LogP contribution in [0.1, 0.15) is 35.6 Å². The topological polar surface area (TPSA) is 54.5 Å². The molecule has 1 aliphatic heterocycles. The second kappa shape index (κ2) is 5.66. The zero-order valence-electron chi connectivity index (χ0n) is 12.9. The van der Waals surface area contributed by atoms with E-state index in [0.29, 0.717) is 11.7 Å². The molecule has 1 amide bonds. The minimum atomic E-state index is -0.0437. The molecule has 1 N–H and O–H groups in total. The number of amides is 1. The summed E-state index contributed by atoms with van der Waals surface area (Å²) in [6.45, 7) is 10.1. The molecule has 3 rings (SSSR count). The Hall–Kier alpha value is -0.980. The van der Waals surface area contributed by atoms with Crippen molar-refractivity contribution in [3.8, 4) is 0 Å². The molecule has 0 bridgehead atoms. The van der Waals surface area contributed by atoms with E-state index < -0.39 is 0 Å². The van der Waals surface area contributed by atoms with E-state index >= 15 is 0 Å². The number of hydrogen-bond acceptors (Lipinski definition) is 5. The Morgan fingerprint density at radius 2 is 2.19 bits per heavy atom. The van der Waals surface area contributed by atoms with Crippen LogP contribution >= 0.6 is 11.5 Å². The first kappa shape index (κ1) is 14.9. The highest BCUT2D eigenvalue weighted by Gasteiger charge is 2.51. The second-order valence-electron chi connectivity index (χ2n) is 6.57. The Balaban J connectivity index is 1.59. The molecular formula is C15H23N3O2S. The summed E-state index contributed by atoms with van der Waals surface area (Å²) in [5.41, 5.74) is 0.640. The molecule has 116 valence electrons. The van der Waals surface area contributed by atoms with E-state index in [-0.39, 0.29) is 17.4 Å². The predicted molar refractivity (Wildman–Crippen MR) is 82.7 cm³/mol. The first-order valence-corrected chi connectivity index (χ1v) is 8.32. The zero-order chi connectivity index (χ0) is 15.0. The number of ether oxygens (including phenoxy) is 1. The minimum Gasteiger partial charge on any atom is -0.379 e. The second-order valence-corrected chi connectivity index (χ2v) is 7.58. The van der Waals surface area contributed by atoms with E-state index in [4.69, 9.17) is 4.74 Å². The van der Waals surface area contributed by atoms with Crippen molar-refractivity contribution in [2.75, 3.05) is 26.3 Å². The lowest BCUT2D eigenvalue weighted by atomic mass is 9.62. The number of aryl methyl sites for hydroxylation is 1. The summed E-state index contributed by atoms with van der Waals surface area (Å²) >= 11 is 1.38. The van der Waals surface area contributed by atoms with Gasteiger partial charge in [-0.15, -0.1) is 0 Å². The van der Waals surface area contributed by atoms with E-state index in [2.05, 4.69) is 28.4 Å². The van der Waals surface area contributed by atoms with Gasteiger partial charge in [0.1, 0.15) is 5.69 Å². The summed E-state index contributed by atoms with van der Waals surface area (Å²) in [5, 5.41) is 3.15. The fraction of sp³-hybridized carbons (Fsp3) is 0.733. The standard InChI is InChI=1S/C15H23N3O2S/c1-10-8-11(17-21-10)14(19)16-12-9-13(15(12,2)3)18-4-6-20-7-5-18/h8,12-13H,4-7,9H2,1-3H3,(H,16,19). The minimum absolute atomic E-state index is 0.0437. The van der Waals surface area contributed by atoms with Crippen molar-refractivity contribution >= 4 is 17.4 Å². The van der Waals surface area contributed by atoms with Crippen molar-refractivity contribution in [1.82, 2.24) is 14.6 Å². The number of morpholine rings is 1. The summed E-state index contributed by atoms with van der Waals surface area (Å²) < 4.78 is 9.61. The van der Waals surface area contributed by atoms with Gasteiger partial charge < -0.3 is 10.1 Å². The van der Waals surface area contributed by atoms with Crippen LogP contribution in [0.15, 0.2) is 6.07 Å². The van der Waals surface area contributed by atoms with E-state index in [0.717, 1.165) is 37.6 Å². The van der Waals surface area contributed by atoms with Crippen molar-refractivity contribution in [3.05, 3.63) is 16.6 Å². The largest absolute Gasteiger partial charge is 0.379 e. The average Bonchev–Trinajstić information content (AvgIpc) is 2.90. The molecular weight excluding hydrogens is 286 g/mol. The van der Waals surface area contributed by atoms with Crippen LogP contribution in [0.5, 0.6) is 0 Å². The van der Waals surface area contributed by atoms with Crippen molar-refractivity contribution in [1.29, 1.82) is 0 Å². The van der Waals surface area contributed by atoms with Crippen LogP contribution in [0.3, 0.4) is 0 Å². The summed E-state index contributed by atoms with van der Waals surface area (Å²) in [6.07, 6.45) is 1.02. The molecule has 1 aromatic rings. The van der Waals surface area contributed by atoms with Crippen molar-refractivity contribution in [3.63, 3.8) is 0 Å². The van der Waals surface area contributed by atoms with Crippen LogP contribution in [-0.2, 0) is 4.74 Å². The summed E-state index contributed by atoms with van der Waals surface area (Å²) in [5.74, 6) is -0.0437. The van der Waals surface area contributed by atoms with Gasteiger partial charge in [-0.25, -0.2) is 0 Å². The van der Waals surface area contributed by atoms with Crippen molar-refractivity contribution in [2.45, 2.75) is 39.3 Å². The molecule has 0 spiro atoms. The van der Waals surface area contributed by atoms with E-state index in [1.165, 1.54) is 11.5 Å². The molecule has 2 heterocycles. The molecule has 0 radical (unpaired) electrons. The highest BCUT2D eigenvalue weighted by Crippen LogP contribution is 2.44. The summed E-state index contributed by atoms with van der Waals surface area (Å²) in [4.78, 5) is 15.8. The molecule has 2 unspecified atom stereocenters. The third-order valence-corrected chi connectivity index (χ3v) is 5.56. The molecule has 1 saturated carbocycles. The Labute approximate surface area is 129 Å². The highest BCUT2D eigenvalue weighted by atomic mass is 32.1. The van der Waals surface area contributed by atoms with Crippen LogP contribution in [0.4, 0.5) is 0 Å². The molecule has 5 nitrogen and oxygen atoms in total. The number of nitrogens with zero attached hydrogens (tertiary/aromatic N) is 2. The van der Waals surface area contributed by atoms with Crippen LogP contribution in [0.2, 0.25) is 0 Å². The van der Waals surface area contributed by atoms with Crippen molar-refractivity contribution in [2.24, 2.45) is 5.41 Å². The normalized spacial score (nSPS) is 28.9. The maximum atomic E-state index is 12.2. The van der Waals surface area contributed by atoms with E-state index in [1.54, 1.807) is 0 Å². The molecule has 1 saturated heterocycles. The maximum absolute atomic E-state index is 12.2. The SMILES string of the molecule is Cc1cc(C(=O)NC2CC(N3CCOCC3)C2(C)C)ns1. The monoisotopic (exact) mass is 309 g/mol. The van der Waals surface area contributed by atoms with Gasteiger partial charge in [0.15, 0.2) is 0 Å². The third kappa shape index (κ3) is 2.84. The van der Waals surface area contributed by atoms with Gasteiger partial charge in [-0.05, 0) is 30.9 Å². The molecule has 2 aliphatic rings. The Morgan fingerprint density at radius 3 is 2.76 bits per heavy atom. The van der Waals surface area contributed by atoms with Gasteiger partial charge >= 0.3 is 0 Å². The van der Waals surface area contributed by atoms with Crippen molar-refractivity contribution < 1.29 is 9.53 Å². The maximum Gasteiger partial charge on any atom is 0.271 e. The summed E-state index contributed by atoms with van der Waals surface area (Å²) in [6, 6.07) is 2.61. The quantitative estimate of drug-likeness (QED) is 0.923. The van der Waals surface area contributed by atoms with E-state index in [9.17, 15) is 4.79 Å². The van der Waals surface area contributed by atoms with Gasteiger partial charge in [0.05, 0.1) is 13.2 Å². The molecule has 1 aromatic heterocycles. The number of carbonyl (C=O) groups is 1. The fourth-order valence-electron chi connectivity index (χ4n) is 3.36. The molecule has 1 aliphatic carbocycles. The van der Waals surface area contributed by atoms with Gasteiger partial charge in [-0.2, -0.15) is 4.37 Å². The molecule has 21 heavy (non-hydrogen) atoms. The first-order chi connectivity index (χ1) is 9.98. The zero-order valence-corrected chi connectivity index (χ0v) is 13.7. The van der Waals surface area contributed by atoms with E-state index in [1.807, 2.05) is 13.0 Å². The molecule has 2 fully saturated rings. The number of aromatic nitrogens is 1. The van der Waals surface area contributed by atoms with Gasteiger partial charge in [0.25, 0.3) is 5.91 Å². The smallest absolute Gasteiger partial charge is 0.271 e. The first-order valence-electron chi connectivity index (χ1n) is 7.54. The predicted octanol–water partition coefficient (Wildman–Crippen LogP) is 1.68. The average molecular weight is 309 g/mol.